The molecule has 0 heterocycles. The average molecular weight is 286 g/mol. The van der Waals surface area contributed by atoms with Gasteiger partial charge in [-0.1, -0.05) is 24.0 Å². The number of hydrogen-bond acceptors (Lipinski definition) is 2. The van der Waals surface area contributed by atoms with Crippen molar-refractivity contribution in [1.82, 2.24) is 0 Å². The summed E-state index contributed by atoms with van der Waals surface area (Å²) in [7, 11) is 0. The minimum Gasteiger partial charge on any atom is -0.321 e. The number of nitrogens with one attached hydrogen (secondary N) is 1. The van der Waals surface area contributed by atoms with Crippen LogP contribution in [0.5, 0.6) is 0 Å². The summed E-state index contributed by atoms with van der Waals surface area (Å²) in [5, 5.41) is 2.51. The lowest BCUT2D eigenvalue weighted by atomic mass is 10.1. The molecular formula is C16H12F2N2O. The van der Waals surface area contributed by atoms with Crippen LogP contribution in [0, 0.1) is 23.5 Å². The second kappa shape index (κ2) is 6.64. The van der Waals surface area contributed by atoms with E-state index in [0.717, 1.165) is 0 Å². The molecule has 0 saturated heterocycles. The Bertz CT molecular complexity index is 733. The van der Waals surface area contributed by atoms with E-state index < -0.39 is 17.5 Å². The molecule has 106 valence electrons. The molecule has 2 rings (SSSR count). The molecule has 0 bridgehead atoms. The Kier molecular flexibility index (Phi) is 4.64. The fraction of sp³-hybridized carbons (Fsp3) is 0.0625. The van der Waals surface area contributed by atoms with Crippen molar-refractivity contribution >= 4 is 11.6 Å². The number of anilines is 1. The van der Waals surface area contributed by atoms with Crippen LogP contribution >= 0.6 is 0 Å². The molecule has 0 unspecified atom stereocenters. The molecule has 0 saturated carbocycles. The van der Waals surface area contributed by atoms with Gasteiger partial charge in [0.2, 0.25) is 0 Å². The Hall–Kier alpha value is -2.71. The number of halogens is 2. The Labute approximate surface area is 120 Å². The number of carbonyl (C=O) groups is 1. The molecule has 1 amide bonds. The number of amides is 1. The van der Waals surface area contributed by atoms with E-state index in [0.29, 0.717) is 5.69 Å². The largest absolute Gasteiger partial charge is 0.321 e. The molecule has 0 fully saturated rings. The molecule has 3 nitrogen and oxygen atoms in total. The first-order chi connectivity index (χ1) is 10.1. The summed E-state index contributed by atoms with van der Waals surface area (Å²) in [6, 6.07) is 9.33. The molecular weight excluding hydrogens is 274 g/mol. The second-order valence-electron chi connectivity index (χ2n) is 4.13. The van der Waals surface area contributed by atoms with Gasteiger partial charge in [-0.2, -0.15) is 0 Å². The SMILES string of the molecule is NCC#Cc1cc(F)ccc1NC(=O)c1ccccc1F. The van der Waals surface area contributed by atoms with Crippen LogP contribution in [0.15, 0.2) is 42.5 Å². The van der Waals surface area contributed by atoms with Gasteiger partial charge in [-0.25, -0.2) is 8.78 Å². The first-order valence-electron chi connectivity index (χ1n) is 6.16. The fourth-order valence-corrected chi connectivity index (χ4v) is 1.71. The quantitative estimate of drug-likeness (QED) is 0.834. The van der Waals surface area contributed by atoms with Crippen molar-refractivity contribution in [2.75, 3.05) is 11.9 Å². The predicted molar refractivity (Wildman–Crippen MR) is 76.7 cm³/mol. The third-order valence-electron chi connectivity index (χ3n) is 2.67. The van der Waals surface area contributed by atoms with E-state index in [2.05, 4.69) is 17.2 Å². The molecule has 0 aliphatic rings. The second-order valence-corrected chi connectivity index (χ2v) is 4.13. The van der Waals surface area contributed by atoms with E-state index in [1.165, 1.54) is 36.4 Å². The van der Waals surface area contributed by atoms with Gasteiger partial charge in [0, 0.05) is 0 Å². The van der Waals surface area contributed by atoms with Crippen LogP contribution in [0.3, 0.4) is 0 Å². The van der Waals surface area contributed by atoms with Crippen LogP contribution in [0.4, 0.5) is 14.5 Å². The highest BCUT2D eigenvalue weighted by Crippen LogP contribution is 2.18. The molecule has 2 aromatic carbocycles. The summed E-state index contributed by atoms with van der Waals surface area (Å²) in [4.78, 5) is 12.0. The summed E-state index contributed by atoms with van der Waals surface area (Å²) in [5.41, 5.74) is 5.75. The van der Waals surface area contributed by atoms with Crippen LogP contribution < -0.4 is 11.1 Å². The van der Waals surface area contributed by atoms with E-state index >= 15 is 0 Å². The topological polar surface area (TPSA) is 55.1 Å². The normalized spacial score (nSPS) is 9.67. The van der Waals surface area contributed by atoms with Crippen molar-refractivity contribution in [1.29, 1.82) is 0 Å². The number of rotatable bonds is 2. The predicted octanol–water partition coefficient (Wildman–Crippen LogP) is 2.53. The third-order valence-corrected chi connectivity index (χ3v) is 2.67. The zero-order chi connectivity index (χ0) is 15.2. The average Bonchev–Trinajstić information content (AvgIpc) is 2.47. The van der Waals surface area contributed by atoms with E-state index in [9.17, 15) is 13.6 Å². The van der Waals surface area contributed by atoms with Gasteiger partial charge in [-0.05, 0) is 30.3 Å². The molecule has 0 atom stereocenters. The summed E-state index contributed by atoms with van der Waals surface area (Å²) < 4.78 is 26.8. The number of nitrogens with two attached hydrogens (primary N) is 1. The Morgan fingerprint density at radius 1 is 1.19 bits per heavy atom. The van der Waals surface area contributed by atoms with Crippen LogP contribution in [0.25, 0.3) is 0 Å². The van der Waals surface area contributed by atoms with Gasteiger partial charge < -0.3 is 11.1 Å². The van der Waals surface area contributed by atoms with E-state index in [-0.39, 0.29) is 17.7 Å². The van der Waals surface area contributed by atoms with Crippen LogP contribution in [-0.2, 0) is 0 Å². The highest BCUT2D eigenvalue weighted by Gasteiger charge is 2.12. The Morgan fingerprint density at radius 2 is 1.95 bits per heavy atom. The molecule has 0 aliphatic carbocycles. The van der Waals surface area contributed by atoms with Gasteiger partial charge in [0.05, 0.1) is 23.4 Å². The van der Waals surface area contributed by atoms with Crippen molar-refractivity contribution in [3.05, 3.63) is 65.2 Å². The maximum Gasteiger partial charge on any atom is 0.258 e. The first-order valence-corrected chi connectivity index (χ1v) is 6.16. The highest BCUT2D eigenvalue weighted by atomic mass is 19.1. The molecule has 0 spiro atoms. The van der Waals surface area contributed by atoms with Gasteiger partial charge in [0.25, 0.3) is 5.91 Å². The van der Waals surface area contributed by atoms with Gasteiger partial charge in [-0.15, -0.1) is 0 Å². The summed E-state index contributed by atoms with van der Waals surface area (Å²) in [5.74, 6) is 3.50. The maximum atomic E-state index is 13.5. The van der Waals surface area contributed by atoms with Crippen molar-refractivity contribution < 1.29 is 13.6 Å². The van der Waals surface area contributed by atoms with E-state index in [4.69, 9.17) is 5.73 Å². The molecule has 2 aromatic rings. The first kappa shape index (κ1) is 14.7. The Morgan fingerprint density at radius 3 is 2.67 bits per heavy atom. The molecule has 0 aliphatic heterocycles. The highest BCUT2D eigenvalue weighted by molar-refractivity contribution is 6.05. The number of hydrogen-bond donors (Lipinski definition) is 2. The van der Waals surface area contributed by atoms with Gasteiger partial charge >= 0.3 is 0 Å². The molecule has 5 heteroatoms. The lowest BCUT2D eigenvalue weighted by Crippen LogP contribution is -2.14. The van der Waals surface area contributed by atoms with Crippen molar-refractivity contribution in [3.8, 4) is 11.8 Å². The van der Waals surface area contributed by atoms with E-state index in [1.807, 2.05) is 0 Å². The van der Waals surface area contributed by atoms with Gasteiger partial charge in [0.15, 0.2) is 0 Å². The molecule has 0 aromatic heterocycles. The molecule has 21 heavy (non-hydrogen) atoms. The Balaban J connectivity index is 2.31. The zero-order valence-corrected chi connectivity index (χ0v) is 11.0. The van der Waals surface area contributed by atoms with Crippen LogP contribution in [-0.4, -0.2) is 12.5 Å². The summed E-state index contributed by atoms with van der Waals surface area (Å²) in [6.07, 6.45) is 0. The maximum absolute atomic E-state index is 13.5. The van der Waals surface area contributed by atoms with Crippen LogP contribution in [0.1, 0.15) is 15.9 Å². The number of benzene rings is 2. The monoisotopic (exact) mass is 286 g/mol. The summed E-state index contributed by atoms with van der Waals surface area (Å²) >= 11 is 0. The number of carbonyl (C=O) groups excluding carboxylic acids is 1. The van der Waals surface area contributed by atoms with Gasteiger partial charge in [-0.3, -0.25) is 4.79 Å². The zero-order valence-electron chi connectivity index (χ0n) is 11.0. The lowest BCUT2D eigenvalue weighted by Gasteiger charge is -2.08. The lowest BCUT2D eigenvalue weighted by molar-refractivity contribution is 0.102. The molecule has 3 N–H and O–H groups in total. The van der Waals surface area contributed by atoms with Crippen molar-refractivity contribution in [2.45, 2.75) is 0 Å². The summed E-state index contributed by atoms with van der Waals surface area (Å²) in [6.45, 7) is 0.108. The van der Waals surface area contributed by atoms with Crippen LogP contribution in [0.2, 0.25) is 0 Å². The molecule has 0 radical (unpaired) electrons. The van der Waals surface area contributed by atoms with Crippen molar-refractivity contribution in [3.63, 3.8) is 0 Å². The minimum absolute atomic E-state index is 0.0976. The fourth-order valence-electron chi connectivity index (χ4n) is 1.71. The standard InChI is InChI=1S/C16H12F2N2O/c17-12-7-8-15(11(10-12)4-3-9-19)20-16(21)13-5-1-2-6-14(13)18/h1-2,5-8,10H,9,19H2,(H,20,21). The van der Waals surface area contributed by atoms with Crippen molar-refractivity contribution in [2.24, 2.45) is 5.73 Å². The minimum atomic E-state index is -0.633. The third kappa shape index (κ3) is 3.65. The smallest absolute Gasteiger partial charge is 0.258 e. The van der Waals surface area contributed by atoms with Gasteiger partial charge in [0.1, 0.15) is 11.6 Å². The van der Waals surface area contributed by atoms with E-state index in [1.54, 1.807) is 6.07 Å².